The van der Waals surface area contributed by atoms with Gasteiger partial charge in [0.15, 0.2) is 11.7 Å². The monoisotopic (exact) mass is 324 g/mol. The normalized spacial score (nSPS) is 12.0. The van der Waals surface area contributed by atoms with Crippen molar-refractivity contribution in [1.82, 2.24) is 10.3 Å². The van der Waals surface area contributed by atoms with Crippen LogP contribution >= 0.6 is 0 Å². The lowest BCUT2D eigenvalue weighted by molar-refractivity contribution is -0.141. The molecule has 0 bridgehead atoms. The molecule has 1 aromatic heterocycles. The summed E-state index contributed by atoms with van der Waals surface area (Å²) in [5.41, 5.74) is 0.0640. The number of nitrogens with zero attached hydrogens (tertiary/aromatic N) is 1. The number of carboxylic acids is 1. The van der Waals surface area contributed by atoms with Gasteiger partial charge in [0.1, 0.15) is 17.7 Å². The van der Waals surface area contributed by atoms with Crippen molar-refractivity contribution in [3.05, 3.63) is 41.9 Å². The van der Waals surface area contributed by atoms with Gasteiger partial charge in [-0.25, -0.2) is 13.8 Å². The van der Waals surface area contributed by atoms with Crippen LogP contribution < -0.4 is 5.32 Å². The molecule has 0 saturated heterocycles. The maximum absolute atomic E-state index is 13.6. The summed E-state index contributed by atoms with van der Waals surface area (Å²) in [6, 6.07) is 2.08. The summed E-state index contributed by atoms with van der Waals surface area (Å²) < 4.78 is 31.8. The zero-order chi connectivity index (χ0) is 17.0. The molecule has 0 unspecified atom stereocenters. The first-order valence-electron chi connectivity index (χ1n) is 6.79. The van der Waals surface area contributed by atoms with E-state index in [0.29, 0.717) is 0 Å². The SMILES string of the molecule is C[C@@H](NC(=O)CCc1ncc(-c2ccc(F)cc2F)o1)C(=O)O. The van der Waals surface area contributed by atoms with Crippen molar-refractivity contribution < 1.29 is 27.9 Å². The molecule has 1 atom stereocenters. The molecule has 2 rings (SSSR count). The van der Waals surface area contributed by atoms with Gasteiger partial charge < -0.3 is 14.8 Å². The zero-order valence-corrected chi connectivity index (χ0v) is 12.2. The van der Waals surface area contributed by atoms with E-state index in [1.54, 1.807) is 0 Å². The third-order valence-electron chi connectivity index (χ3n) is 3.06. The summed E-state index contributed by atoms with van der Waals surface area (Å²) in [5, 5.41) is 11.0. The molecule has 8 heteroatoms. The molecule has 0 fully saturated rings. The Hall–Kier alpha value is -2.77. The van der Waals surface area contributed by atoms with Gasteiger partial charge >= 0.3 is 5.97 Å². The number of nitrogens with one attached hydrogen (secondary N) is 1. The molecular weight excluding hydrogens is 310 g/mol. The lowest BCUT2D eigenvalue weighted by atomic mass is 10.2. The molecule has 0 aliphatic heterocycles. The van der Waals surface area contributed by atoms with E-state index >= 15 is 0 Å². The number of amides is 1. The van der Waals surface area contributed by atoms with Crippen LogP contribution in [0.3, 0.4) is 0 Å². The minimum Gasteiger partial charge on any atom is -0.480 e. The van der Waals surface area contributed by atoms with Gasteiger partial charge in [0.05, 0.1) is 11.8 Å². The highest BCUT2D eigenvalue weighted by Gasteiger charge is 2.16. The quantitative estimate of drug-likeness (QED) is 0.849. The number of rotatable bonds is 6. The van der Waals surface area contributed by atoms with E-state index in [4.69, 9.17) is 9.52 Å². The fourth-order valence-electron chi connectivity index (χ4n) is 1.84. The first-order chi connectivity index (χ1) is 10.9. The molecule has 1 aromatic carbocycles. The molecular formula is C15H14F2N2O4. The van der Waals surface area contributed by atoms with Crippen molar-refractivity contribution in [2.75, 3.05) is 0 Å². The first kappa shape index (κ1) is 16.6. The van der Waals surface area contributed by atoms with Gasteiger partial charge in [-0.3, -0.25) is 9.59 Å². The lowest BCUT2D eigenvalue weighted by Gasteiger charge is -2.07. The largest absolute Gasteiger partial charge is 0.480 e. The minimum atomic E-state index is -1.14. The van der Waals surface area contributed by atoms with Crippen LogP contribution in [0.25, 0.3) is 11.3 Å². The van der Waals surface area contributed by atoms with Crippen molar-refractivity contribution in [2.45, 2.75) is 25.8 Å². The number of hydrogen-bond acceptors (Lipinski definition) is 4. The van der Waals surface area contributed by atoms with E-state index in [1.165, 1.54) is 19.2 Å². The number of carbonyl (C=O) groups is 2. The van der Waals surface area contributed by atoms with Gasteiger partial charge in [-0.05, 0) is 19.1 Å². The van der Waals surface area contributed by atoms with Gasteiger partial charge in [-0.1, -0.05) is 0 Å². The Labute approximate surface area is 130 Å². The van der Waals surface area contributed by atoms with E-state index in [1.807, 2.05) is 0 Å². The van der Waals surface area contributed by atoms with Crippen LogP contribution in [0.5, 0.6) is 0 Å². The molecule has 1 amide bonds. The summed E-state index contributed by atoms with van der Waals surface area (Å²) >= 11 is 0. The summed E-state index contributed by atoms with van der Waals surface area (Å²) in [5.74, 6) is -2.76. The second-order valence-corrected chi connectivity index (χ2v) is 4.87. The maximum atomic E-state index is 13.6. The van der Waals surface area contributed by atoms with Crippen LogP contribution in [0.4, 0.5) is 8.78 Å². The Morgan fingerprint density at radius 1 is 1.39 bits per heavy atom. The molecule has 6 nitrogen and oxygen atoms in total. The van der Waals surface area contributed by atoms with Crippen molar-refractivity contribution in [3.8, 4) is 11.3 Å². The van der Waals surface area contributed by atoms with Crippen LogP contribution in [0, 0.1) is 11.6 Å². The Balaban J connectivity index is 1.97. The predicted molar refractivity (Wildman–Crippen MR) is 75.4 cm³/mol. The highest BCUT2D eigenvalue weighted by Crippen LogP contribution is 2.24. The average Bonchev–Trinajstić information content (AvgIpc) is 2.93. The van der Waals surface area contributed by atoms with Gasteiger partial charge in [0.25, 0.3) is 0 Å². The number of aryl methyl sites for hydroxylation is 1. The molecule has 23 heavy (non-hydrogen) atoms. The van der Waals surface area contributed by atoms with Gasteiger partial charge in [0, 0.05) is 18.9 Å². The fourth-order valence-corrected chi connectivity index (χ4v) is 1.84. The van der Waals surface area contributed by atoms with Gasteiger partial charge in [-0.15, -0.1) is 0 Å². The molecule has 2 aromatic rings. The highest BCUT2D eigenvalue weighted by molar-refractivity contribution is 5.83. The second-order valence-electron chi connectivity index (χ2n) is 4.87. The highest BCUT2D eigenvalue weighted by atomic mass is 19.1. The number of carboxylic acid groups (broad SMARTS) is 1. The van der Waals surface area contributed by atoms with Crippen LogP contribution in [-0.2, 0) is 16.0 Å². The predicted octanol–water partition coefficient (Wildman–Crippen LogP) is 2.14. The molecule has 0 radical (unpaired) electrons. The number of oxazole rings is 1. The summed E-state index contributed by atoms with van der Waals surface area (Å²) in [6.45, 7) is 1.35. The van der Waals surface area contributed by atoms with E-state index in [9.17, 15) is 18.4 Å². The number of hydrogen-bond donors (Lipinski definition) is 2. The summed E-state index contributed by atoms with van der Waals surface area (Å²) in [6.07, 6.45) is 1.38. The Bertz CT molecular complexity index is 730. The standard InChI is InChI=1S/C15H14F2N2O4/c1-8(15(21)22)19-13(20)4-5-14-18-7-12(23-14)10-3-2-9(16)6-11(10)17/h2-3,6-8H,4-5H2,1H3,(H,19,20)(H,21,22)/t8-/m1/s1. The summed E-state index contributed by atoms with van der Waals surface area (Å²) in [4.78, 5) is 26.1. The average molecular weight is 324 g/mol. The van der Waals surface area contributed by atoms with Gasteiger partial charge in [-0.2, -0.15) is 0 Å². The topological polar surface area (TPSA) is 92.4 Å². The van der Waals surface area contributed by atoms with Crippen molar-refractivity contribution in [1.29, 1.82) is 0 Å². The number of aliphatic carboxylic acids is 1. The number of benzene rings is 1. The Kier molecular flexibility index (Phi) is 5.05. The molecule has 1 heterocycles. The molecule has 2 N–H and O–H groups in total. The Morgan fingerprint density at radius 2 is 2.13 bits per heavy atom. The molecule has 122 valence electrons. The Morgan fingerprint density at radius 3 is 2.78 bits per heavy atom. The van der Waals surface area contributed by atoms with Crippen molar-refractivity contribution in [2.24, 2.45) is 0 Å². The van der Waals surface area contributed by atoms with E-state index < -0.39 is 29.6 Å². The molecule has 0 spiro atoms. The number of aromatic nitrogens is 1. The number of carbonyl (C=O) groups excluding carboxylic acids is 1. The molecule has 0 aliphatic carbocycles. The third-order valence-corrected chi connectivity index (χ3v) is 3.06. The smallest absolute Gasteiger partial charge is 0.325 e. The van der Waals surface area contributed by atoms with Crippen LogP contribution in [0.15, 0.2) is 28.8 Å². The van der Waals surface area contributed by atoms with Crippen LogP contribution in [0.2, 0.25) is 0 Å². The van der Waals surface area contributed by atoms with E-state index in [-0.39, 0.29) is 30.1 Å². The molecule has 0 saturated carbocycles. The van der Waals surface area contributed by atoms with E-state index in [2.05, 4.69) is 10.3 Å². The maximum Gasteiger partial charge on any atom is 0.325 e. The first-order valence-corrected chi connectivity index (χ1v) is 6.79. The zero-order valence-electron chi connectivity index (χ0n) is 12.2. The van der Waals surface area contributed by atoms with Crippen LogP contribution in [-0.4, -0.2) is 28.0 Å². The van der Waals surface area contributed by atoms with Crippen molar-refractivity contribution in [3.63, 3.8) is 0 Å². The second kappa shape index (κ2) is 6.99. The third kappa shape index (κ3) is 4.35. The van der Waals surface area contributed by atoms with E-state index in [0.717, 1.165) is 12.1 Å². The van der Waals surface area contributed by atoms with Crippen LogP contribution in [0.1, 0.15) is 19.2 Å². The van der Waals surface area contributed by atoms with Crippen molar-refractivity contribution >= 4 is 11.9 Å². The molecule has 0 aliphatic rings. The minimum absolute atomic E-state index is 0.0243. The van der Waals surface area contributed by atoms with Gasteiger partial charge in [0.2, 0.25) is 5.91 Å². The fraction of sp³-hybridized carbons (Fsp3) is 0.267. The number of halogens is 2. The summed E-state index contributed by atoms with van der Waals surface area (Å²) in [7, 11) is 0. The lowest BCUT2D eigenvalue weighted by Crippen LogP contribution is -2.38.